The van der Waals surface area contributed by atoms with Crippen molar-refractivity contribution in [2.45, 2.75) is 12.0 Å². The van der Waals surface area contributed by atoms with Gasteiger partial charge in [0.25, 0.3) is 5.91 Å². The molecule has 0 fully saturated rings. The summed E-state index contributed by atoms with van der Waals surface area (Å²) in [5.41, 5.74) is 5.65. The minimum absolute atomic E-state index is 0.126. The van der Waals surface area contributed by atoms with Crippen LogP contribution in [0.2, 0.25) is 0 Å². The second-order valence-electron chi connectivity index (χ2n) is 5.54. The molecule has 0 aliphatic carbocycles. The van der Waals surface area contributed by atoms with Crippen LogP contribution < -0.4 is 15.8 Å². The Morgan fingerprint density at radius 2 is 2.27 bits per heavy atom. The summed E-state index contributed by atoms with van der Waals surface area (Å²) in [4.78, 5) is 28.7. The molecular weight excluding hydrogens is 359 g/mol. The van der Waals surface area contributed by atoms with E-state index in [0.717, 1.165) is 0 Å². The van der Waals surface area contributed by atoms with Gasteiger partial charge in [-0.25, -0.2) is 19.4 Å². The molecule has 26 heavy (non-hydrogen) atoms. The van der Waals surface area contributed by atoms with Gasteiger partial charge < -0.3 is 15.8 Å². The Kier molecular flexibility index (Phi) is 5.31. The molecule has 10 heteroatoms. The first-order chi connectivity index (χ1) is 12.6. The average Bonchev–Trinajstić information content (AvgIpc) is 2.68. The first-order valence-corrected chi connectivity index (χ1v) is 8.73. The summed E-state index contributed by atoms with van der Waals surface area (Å²) in [6, 6.07) is 3.20. The standard InChI is InChI=1S/C16H17FN6O2S/c1-25-13-8-20-11(7-21-13)14(24)22-10-2-4-19-12(6-10)16(9-17)3-5-26-15(18)23-16/h2,4,6-8H,3,5,9H2,1H3,(H2,18,23)(H,19,22,24)/t16-/m1/s1. The molecule has 1 aliphatic heterocycles. The summed E-state index contributed by atoms with van der Waals surface area (Å²) in [6.45, 7) is -0.720. The normalized spacial score (nSPS) is 19.5. The Morgan fingerprint density at radius 1 is 1.42 bits per heavy atom. The van der Waals surface area contributed by atoms with Crippen molar-refractivity contribution in [2.75, 3.05) is 24.9 Å². The molecule has 8 nitrogen and oxygen atoms in total. The number of thioether (sulfide) groups is 1. The third-order valence-corrected chi connectivity index (χ3v) is 4.67. The molecule has 3 rings (SSSR count). The molecule has 3 heterocycles. The van der Waals surface area contributed by atoms with Crippen molar-refractivity contribution >= 4 is 28.5 Å². The van der Waals surface area contributed by atoms with E-state index < -0.39 is 18.1 Å². The third-order valence-electron chi connectivity index (χ3n) is 3.88. The number of alkyl halides is 1. The fourth-order valence-corrected chi connectivity index (χ4v) is 3.36. The number of anilines is 1. The first-order valence-electron chi connectivity index (χ1n) is 7.74. The molecule has 0 unspecified atom stereocenters. The monoisotopic (exact) mass is 376 g/mol. The highest BCUT2D eigenvalue weighted by Crippen LogP contribution is 2.35. The van der Waals surface area contributed by atoms with E-state index in [-0.39, 0.29) is 5.69 Å². The highest BCUT2D eigenvalue weighted by Gasteiger charge is 2.36. The van der Waals surface area contributed by atoms with Gasteiger partial charge in [-0.3, -0.25) is 9.78 Å². The molecule has 0 saturated heterocycles. The number of rotatable bonds is 5. The van der Waals surface area contributed by atoms with E-state index >= 15 is 0 Å². The second-order valence-corrected chi connectivity index (χ2v) is 6.66. The van der Waals surface area contributed by atoms with Crippen LogP contribution in [0, 0.1) is 0 Å². The van der Waals surface area contributed by atoms with Crippen LogP contribution in [0.5, 0.6) is 5.88 Å². The zero-order valence-electron chi connectivity index (χ0n) is 14.0. The molecule has 1 atom stereocenters. The van der Waals surface area contributed by atoms with Crippen LogP contribution in [-0.2, 0) is 5.54 Å². The third kappa shape index (κ3) is 3.74. The highest BCUT2D eigenvalue weighted by molar-refractivity contribution is 8.13. The first kappa shape index (κ1) is 18.1. The highest BCUT2D eigenvalue weighted by atomic mass is 32.2. The molecule has 2 aromatic rings. The lowest BCUT2D eigenvalue weighted by Crippen LogP contribution is -2.34. The largest absolute Gasteiger partial charge is 0.480 e. The number of nitrogens with one attached hydrogen (secondary N) is 1. The zero-order valence-corrected chi connectivity index (χ0v) is 14.8. The summed E-state index contributed by atoms with van der Waals surface area (Å²) >= 11 is 1.38. The van der Waals surface area contributed by atoms with Crippen molar-refractivity contribution in [1.82, 2.24) is 15.0 Å². The Bertz CT molecular complexity index is 832. The fourth-order valence-electron chi connectivity index (χ4n) is 2.47. The van der Waals surface area contributed by atoms with Crippen LogP contribution >= 0.6 is 11.8 Å². The van der Waals surface area contributed by atoms with Crippen molar-refractivity contribution in [3.8, 4) is 5.88 Å². The molecule has 0 spiro atoms. The molecule has 0 aromatic carbocycles. The SMILES string of the molecule is COc1cnc(C(=O)Nc2ccnc([C@]3(CF)CCSC(N)=N3)c2)cn1. The van der Waals surface area contributed by atoms with Crippen molar-refractivity contribution in [3.05, 3.63) is 42.1 Å². The number of nitrogens with zero attached hydrogens (tertiary/aromatic N) is 4. The maximum Gasteiger partial charge on any atom is 0.275 e. The number of ether oxygens (including phenoxy) is 1. The number of pyridine rings is 1. The van der Waals surface area contributed by atoms with E-state index in [0.29, 0.717) is 34.6 Å². The van der Waals surface area contributed by atoms with Gasteiger partial charge in [-0.05, 0) is 18.6 Å². The topological polar surface area (TPSA) is 115 Å². The van der Waals surface area contributed by atoms with Gasteiger partial charge >= 0.3 is 0 Å². The van der Waals surface area contributed by atoms with Crippen LogP contribution in [0.1, 0.15) is 22.6 Å². The summed E-state index contributed by atoms with van der Waals surface area (Å²) < 4.78 is 18.7. The molecule has 0 radical (unpaired) electrons. The smallest absolute Gasteiger partial charge is 0.275 e. The minimum atomic E-state index is -1.12. The maximum absolute atomic E-state index is 13.8. The van der Waals surface area contributed by atoms with E-state index in [2.05, 4.69) is 25.3 Å². The van der Waals surface area contributed by atoms with Gasteiger partial charge in [0.2, 0.25) is 5.88 Å². The molecule has 2 aromatic heterocycles. The van der Waals surface area contributed by atoms with Gasteiger partial charge in [0.1, 0.15) is 17.9 Å². The molecule has 3 N–H and O–H groups in total. The number of aromatic nitrogens is 3. The Balaban J connectivity index is 1.82. The predicted octanol–water partition coefficient (Wildman–Crippen LogP) is 1.75. The molecule has 0 bridgehead atoms. The van der Waals surface area contributed by atoms with Crippen LogP contribution in [0.25, 0.3) is 0 Å². The number of aliphatic imine (C=N–C) groups is 1. The Morgan fingerprint density at radius 3 is 2.92 bits per heavy atom. The lowest BCUT2D eigenvalue weighted by atomic mass is 9.93. The fraction of sp³-hybridized carbons (Fsp3) is 0.312. The number of nitrogens with two attached hydrogens (primary N) is 1. The zero-order chi connectivity index (χ0) is 18.6. The second kappa shape index (κ2) is 7.65. The van der Waals surface area contributed by atoms with Gasteiger partial charge in [0.15, 0.2) is 5.17 Å². The Labute approximate surface area is 153 Å². The molecule has 136 valence electrons. The molecule has 1 amide bonds. The average molecular weight is 376 g/mol. The van der Waals surface area contributed by atoms with Crippen molar-refractivity contribution < 1.29 is 13.9 Å². The van der Waals surface area contributed by atoms with E-state index in [1.165, 1.54) is 37.5 Å². The maximum atomic E-state index is 13.8. The lowest BCUT2D eigenvalue weighted by Gasteiger charge is -2.30. The predicted molar refractivity (Wildman–Crippen MR) is 97.1 cm³/mol. The summed E-state index contributed by atoms with van der Waals surface area (Å²) in [7, 11) is 1.46. The number of amides is 1. The van der Waals surface area contributed by atoms with E-state index in [4.69, 9.17) is 10.5 Å². The number of methoxy groups -OCH3 is 1. The number of halogens is 1. The molecular formula is C16H17FN6O2S. The van der Waals surface area contributed by atoms with Crippen LogP contribution in [0.3, 0.4) is 0 Å². The van der Waals surface area contributed by atoms with E-state index in [1.54, 1.807) is 12.1 Å². The van der Waals surface area contributed by atoms with Crippen LogP contribution in [0.4, 0.5) is 10.1 Å². The number of amidine groups is 1. The number of hydrogen-bond acceptors (Lipinski definition) is 8. The van der Waals surface area contributed by atoms with Gasteiger partial charge in [-0.15, -0.1) is 0 Å². The van der Waals surface area contributed by atoms with Crippen molar-refractivity contribution in [2.24, 2.45) is 10.7 Å². The summed E-state index contributed by atoms with van der Waals surface area (Å²) in [6.07, 6.45) is 4.63. The number of hydrogen-bond donors (Lipinski definition) is 2. The number of carbonyl (C=O) groups is 1. The molecule has 1 aliphatic rings. The summed E-state index contributed by atoms with van der Waals surface area (Å²) in [5, 5.41) is 3.03. The van der Waals surface area contributed by atoms with Gasteiger partial charge in [-0.1, -0.05) is 11.8 Å². The quantitative estimate of drug-likeness (QED) is 0.817. The van der Waals surface area contributed by atoms with Gasteiger partial charge in [0.05, 0.1) is 25.2 Å². The lowest BCUT2D eigenvalue weighted by molar-refractivity contribution is 0.102. The van der Waals surface area contributed by atoms with Crippen LogP contribution in [0.15, 0.2) is 35.7 Å². The van der Waals surface area contributed by atoms with Gasteiger partial charge in [-0.2, -0.15) is 0 Å². The van der Waals surface area contributed by atoms with Crippen molar-refractivity contribution in [3.63, 3.8) is 0 Å². The number of carbonyl (C=O) groups excluding carboxylic acids is 1. The minimum Gasteiger partial charge on any atom is -0.480 e. The van der Waals surface area contributed by atoms with Crippen molar-refractivity contribution in [1.29, 1.82) is 0 Å². The Hall–Kier alpha value is -2.75. The van der Waals surface area contributed by atoms with Crippen LogP contribution in [-0.4, -0.2) is 45.6 Å². The van der Waals surface area contributed by atoms with Gasteiger partial charge in [0, 0.05) is 17.6 Å². The summed E-state index contributed by atoms with van der Waals surface area (Å²) in [5.74, 6) is 0.510. The molecule has 0 saturated carbocycles. The van der Waals surface area contributed by atoms with E-state index in [1.807, 2.05) is 0 Å². The van der Waals surface area contributed by atoms with E-state index in [9.17, 15) is 9.18 Å².